The van der Waals surface area contributed by atoms with Crippen molar-refractivity contribution in [3.05, 3.63) is 30.3 Å². The van der Waals surface area contributed by atoms with E-state index in [2.05, 4.69) is 11.4 Å². The summed E-state index contributed by atoms with van der Waals surface area (Å²) in [6.07, 6.45) is 0.441. The summed E-state index contributed by atoms with van der Waals surface area (Å²) in [6, 6.07) is 11.3. The number of nitrogens with zero attached hydrogens (tertiary/aromatic N) is 2. The number of carbonyl (C=O) groups is 1. The Balaban J connectivity index is 2.57. The lowest BCUT2D eigenvalue weighted by Gasteiger charge is -2.25. The monoisotopic (exact) mass is 245 g/mol. The zero-order valence-corrected chi connectivity index (χ0v) is 10.9. The number of amides is 1. The highest BCUT2D eigenvalue weighted by atomic mass is 16.2. The second-order valence-corrected chi connectivity index (χ2v) is 4.07. The van der Waals surface area contributed by atoms with Crippen molar-refractivity contribution in [1.82, 2.24) is 4.90 Å². The molecule has 1 unspecified atom stereocenters. The van der Waals surface area contributed by atoms with Crippen LogP contribution in [0.15, 0.2) is 30.3 Å². The fraction of sp³-hybridized carbons (Fsp3) is 0.429. The maximum absolute atomic E-state index is 12.0. The van der Waals surface area contributed by atoms with Crippen LogP contribution >= 0.6 is 0 Å². The van der Waals surface area contributed by atoms with E-state index in [1.54, 1.807) is 0 Å². The molecule has 0 aromatic heterocycles. The first-order valence-electron chi connectivity index (χ1n) is 6.16. The summed E-state index contributed by atoms with van der Waals surface area (Å²) < 4.78 is 0. The maximum atomic E-state index is 12.0. The number of benzene rings is 1. The van der Waals surface area contributed by atoms with Crippen LogP contribution in [0.1, 0.15) is 20.3 Å². The molecule has 0 aliphatic heterocycles. The van der Waals surface area contributed by atoms with Crippen molar-refractivity contribution in [2.24, 2.45) is 0 Å². The highest BCUT2D eigenvalue weighted by Crippen LogP contribution is 2.08. The first kappa shape index (κ1) is 14.2. The van der Waals surface area contributed by atoms with Gasteiger partial charge in [0.2, 0.25) is 5.91 Å². The molecule has 1 atom stereocenters. The Morgan fingerprint density at radius 3 is 2.67 bits per heavy atom. The minimum atomic E-state index is -0.233. The van der Waals surface area contributed by atoms with Crippen molar-refractivity contribution < 1.29 is 4.79 Å². The van der Waals surface area contributed by atoms with Gasteiger partial charge in [-0.3, -0.25) is 9.69 Å². The molecule has 0 saturated carbocycles. The van der Waals surface area contributed by atoms with E-state index in [-0.39, 0.29) is 11.9 Å². The molecule has 0 fully saturated rings. The number of para-hydroxylation sites is 1. The van der Waals surface area contributed by atoms with Gasteiger partial charge in [-0.05, 0) is 25.6 Å². The van der Waals surface area contributed by atoms with Crippen LogP contribution in [0.25, 0.3) is 0 Å². The molecule has 0 aliphatic carbocycles. The maximum Gasteiger partial charge on any atom is 0.241 e. The van der Waals surface area contributed by atoms with E-state index < -0.39 is 0 Å². The molecular formula is C14H19N3O. The molecule has 4 nitrogen and oxygen atoms in total. The van der Waals surface area contributed by atoms with Crippen LogP contribution in [0.3, 0.4) is 0 Å². The number of hydrogen-bond acceptors (Lipinski definition) is 3. The van der Waals surface area contributed by atoms with Crippen LogP contribution in [0.5, 0.6) is 0 Å². The van der Waals surface area contributed by atoms with Gasteiger partial charge < -0.3 is 5.32 Å². The number of likely N-dealkylation sites (N-methyl/N-ethyl adjacent to an activating group) is 1. The van der Waals surface area contributed by atoms with Crippen molar-refractivity contribution in [1.29, 1.82) is 5.26 Å². The summed E-state index contributed by atoms with van der Waals surface area (Å²) in [5.74, 6) is -0.0408. The molecule has 0 bridgehead atoms. The number of nitriles is 1. The quantitative estimate of drug-likeness (QED) is 0.836. The molecule has 96 valence electrons. The largest absolute Gasteiger partial charge is 0.325 e. The fourth-order valence-electron chi connectivity index (χ4n) is 1.75. The second kappa shape index (κ2) is 7.46. The lowest BCUT2D eigenvalue weighted by Crippen LogP contribution is -2.42. The zero-order valence-electron chi connectivity index (χ0n) is 10.9. The number of nitrogens with one attached hydrogen (secondary N) is 1. The van der Waals surface area contributed by atoms with E-state index in [9.17, 15) is 4.79 Å². The summed E-state index contributed by atoms with van der Waals surface area (Å²) in [7, 11) is 0. The molecule has 0 radical (unpaired) electrons. The van der Waals surface area contributed by atoms with Gasteiger partial charge in [0.05, 0.1) is 12.1 Å². The Kier molecular flexibility index (Phi) is 5.89. The molecule has 1 rings (SSSR count). The molecule has 1 aromatic rings. The van der Waals surface area contributed by atoms with Gasteiger partial charge in [0, 0.05) is 18.7 Å². The van der Waals surface area contributed by atoms with Gasteiger partial charge in [0.1, 0.15) is 0 Å². The SMILES string of the molecule is CCN(CCC#N)C(C)C(=O)Nc1ccccc1. The first-order valence-corrected chi connectivity index (χ1v) is 6.16. The number of carbonyl (C=O) groups excluding carboxylic acids is 1. The molecule has 1 aromatic carbocycles. The van der Waals surface area contributed by atoms with E-state index >= 15 is 0 Å². The lowest BCUT2D eigenvalue weighted by molar-refractivity contribution is -0.120. The average molecular weight is 245 g/mol. The first-order chi connectivity index (χ1) is 8.69. The van der Waals surface area contributed by atoms with Gasteiger partial charge in [0.15, 0.2) is 0 Å². The van der Waals surface area contributed by atoms with E-state index in [1.807, 2.05) is 49.1 Å². The van der Waals surface area contributed by atoms with E-state index in [4.69, 9.17) is 5.26 Å². The predicted molar refractivity (Wildman–Crippen MR) is 72.0 cm³/mol. The van der Waals surface area contributed by atoms with E-state index in [0.717, 1.165) is 12.2 Å². The Bertz CT molecular complexity index is 411. The Hall–Kier alpha value is -1.86. The van der Waals surface area contributed by atoms with Gasteiger partial charge in [0.25, 0.3) is 0 Å². The van der Waals surface area contributed by atoms with Gasteiger partial charge in [-0.1, -0.05) is 25.1 Å². The molecule has 4 heteroatoms. The van der Waals surface area contributed by atoms with Crippen LogP contribution in [0.2, 0.25) is 0 Å². The topological polar surface area (TPSA) is 56.1 Å². The van der Waals surface area contributed by atoms with Gasteiger partial charge in [-0.2, -0.15) is 5.26 Å². The van der Waals surface area contributed by atoms with Crippen molar-refractivity contribution in [3.63, 3.8) is 0 Å². The lowest BCUT2D eigenvalue weighted by atomic mass is 10.2. The van der Waals surface area contributed by atoms with Crippen LogP contribution in [0, 0.1) is 11.3 Å². The molecule has 1 N–H and O–H groups in total. The molecular weight excluding hydrogens is 226 g/mol. The zero-order chi connectivity index (χ0) is 13.4. The smallest absolute Gasteiger partial charge is 0.241 e. The third-order valence-corrected chi connectivity index (χ3v) is 2.89. The minimum Gasteiger partial charge on any atom is -0.325 e. The normalized spacial score (nSPS) is 11.9. The van der Waals surface area contributed by atoms with E-state index in [0.29, 0.717) is 13.0 Å². The molecule has 0 heterocycles. The number of anilines is 1. The summed E-state index contributed by atoms with van der Waals surface area (Å²) in [5.41, 5.74) is 0.797. The van der Waals surface area contributed by atoms with Crippen molar-refractivity contribution in [2.45, 2.75) is 26.3 Å². The van der Waals surface area contributed by atoms with Crippen molar-refractivity contribution in [2.75, 3.05) is 18.4 Å². The second-order valence-electron chi connectivity index (χ2n) is 4.07. The molecule has 0 aliphatic rings. The Morgan fingerprint density at radius 2 is 2.11 bits per heavy atom. The van der Waals surface area contributed by atoms with Gasteiger partial charge in [-0.25, -0.2) is 0 Å². The summed E-state index contributed by atoms with van der Waals surface area (Å²) in [6.45, 7) is 5.23. The molecule has 18 heavy (non-hydrogen) atoms. The third kappa shape index (κ3) is 4.19. The summed E-state index contributed by atoms with van der Waals surface area (Å²) in [4.78, 5) is 14.0. The number of hydrogen-bond donors (Lipinski definition) is 1. The fourth-order valence-corrected chi connectivity index (χ4v) is 1.75. The van der Waals surface area contributed by atoms with E-state index in [1.165, 1.54) is 0 Å². The summed E-state index contributed by atoms with van der Waals surface area (Å²) >= 11 is 0. The van der Waals surface area contributed by atoms with Gasteiger partial charge in [-0.15, -0.1) is 0 Å². The average Bonchev–Trinajstić information content (AvgIpc) is 2.40. The third-order valence-electron chi connectivity index (χ3n) is 2.89. The number of rotatable bonds is 6. The highest BCUT2D eigenvalue weighted by molar-refractivity contribution is 5.94. The summed E-state index contributed by atoms with van der Waals surface area (Å²) in [5, 5.41) is 11.5. The molecule has 0 saturated heterocycles. The van der Waals surface area contributed by atoms with Crippen LogP contribution in [-0.2, 0) is 4.79 Å². The van der Waals surface area contributed by atoms with Crippen LogP contribution in [-0.4, -0.2) is 29.9 Å². The predicted octanol–water partition coefficient (Wildman–Crippen LogP) is 2.25. The molecule has 1 amide bonds. The van der Waals surface area contributed by atoms with Crippen molar-refractivity contribution >= 4 is 11.6 Å². The minimum absolute atomic E-state index is 0.0408. The highest BCUT2D eigenvalue weighted by Gasteiger charge is 2.19. The Morgan fingerprint density at radius 1 is 1.44 bits per heavy atom. The van der Waals surface area contributed by atoms with Crippen LogP contribution < -0.4 is 5.32 Å². The standard InChI is InChI=1S/C14H19N3O/c1-3-17(11-7-10-15)12(2)14(18)16-13-8-5-4-6-9-13/h4-6,8-9,12H,3,7,11H2,1-2H3,(H,16,18). The van der Waals surface area contributed by atoms with Crippen molar-refractivity contribution in [3.8, 4) is 6.07 Å². The molecule has 0 spiro atoms. The van der Waals surface area contributed by atoms with Gasteiger partial charge >= 0.3 is 0 Å². The van der Waals surface area contributed by atoms with Crippen LogP contribution in [0.4, 0.5) is 5.69 Å². The Labute approximate surface area is 108 Å².